The average molecular weight is 292 g/mol. The molecular formula is C16H28N4O. The molecule has 118 valence electrons. The van der Waals surface area contributed by atoms with E-state index in [4.69, 9.17) is 0 Å². The van der Waals surface area contributed by atoms with Crippen molar-refractivity contribution in [1.29, 1.82) is 0 Å². The second kappa shape index (κ2) is 7.07. The van der Waals surface area contributed by atoms with Crippen molar-refractivity contribution in [2.24, 2.45) is 13.0 Å². The molecule has 0 radical (unpaired) electrons. The van der Waals surface area contributed by atoms with Gasteiger partial charge < -0.3 is 10.2 Å². The lowest BCUT2D eigenvalue weighted by Gasteiger charge is -2.34. The maximum Gasteiger partial charge on any atom is 0.223 e. The van der Waals surface area contributed by atoms with Gasteiger partial charge in [-0.3, -0.25) is 9.48 Å². The monoisotopic (exact) mass is 292 g/mol. The third-order valence-electron chi connectivity index (χ3n) is 4.48. The zero-order valence-electron chi connectivity index (χ0n) is 13.7. The molecule has 1 amide bonds. The van der Waals surface area contributed by atoms with Crippen molar-refractivity contribution in [2.45, 2.75) is 52.1 Å². The van der Waals surface area contributed by atoms with Gasteiger partial charge in [-0.2, -0.15) is 5.10 Å². The number of likely N-dealkylation sites (tertiary alicyclic amines) is 1. The molecule has 1 aromatic rings. The third-order valence-corrected chi connectivity index (χ3v) is 4.48. The summed E-state index contributed by atoms with van der Waals surface area (Å²) in [5.74, 6) is 0.361. The number of aryl methyl sites for hydroxylation is 1. The second-order valence-corrected chi connectivity index (χ2v) is 6.32. The second-order valence-electron chi connectivity index (χ2n) is 6.32. The Morgan fingerprint density at radius 2 is 2.10 bits per heavy atom. The minimum absolute atomic E-state index is 0.0781. The molecular weight excluding hydrogens is 264 g/mol. The van der Waals surface area contributed by atoms with Gasteiger partial charge in [-0.05, 0) is 46.2 Å². The van der Waals surface area contributed by atoms with E-state index in [0.29, 0.717) is 6.04 Å². The molecule has 2 rings (SSSR count). The standard InChI is InChI=1S/C16H28N4O/c1-5-15(14-10-17-19(4)11-14)18-16(21)13-6-8-20(9-7-13)12(2)3/h10-13,15H,5-9H2,1-4H3,(H,18,21)/t15-/m0/s1. The molecule has 1 atom stereocenters. The van der Waals surface area contributed by atoms with Crippen LogP contribution in [0.4, 0.5) is 0 Å². The summed E-state index contributed by atoms with van der Waals surface area (Å²) in [6, 6.07) is 0.655. The number of hydrogen-bond donors (Lipinski definition) is 1. The molecule has 2 heterocycles. The van der Waals surface area contributed by atoms with Gasteiger partial charge in [0.1, 0.15) is 0 Å². The SMILES string of the molecule is CC[C@H](NC(=O)C1CCN(C(C)C)CC1)c1cnn(C)c1. The van der Waals surface area contributed by atoms with Crippen LogP contribution in [0, 0.1) is 5.92 Å². The zero-order valence-corrected chi connectivity index (χ0v) is 13.7. The van der Waals surface area contributed by atoms with Gasteiger partial charge in [-0.25, -0.2) is 0 Å². The summed E-state index contributed by atoms with van der Waals surface area (Å²) in [6.07, 6.45) is 6.65. The van der Waals surface area contributed by atoms with E-state index in [1.54, 1.807) is 4.68 Å². The van der Waals surface area contributed by atoms with E-state index in [0.717, 1.165) is 37.9 Å². The number of hydrogen-bond acceptors (Lipinski definition) is 3. The van der Waals surface area contributed by atoms with Crippen LogP contribution in [0.25, 0.3) is 0 Å². The van der Waals surface area contributed by atoms with Crippen LogP contribution in [0.15, 0.2) is 12.4 Å². The molecule has 21 heavy (non-hydrogen) atoms. The summed E-state index contributed by atoms with van der Waals surface area (Å²) in [5.41, 5.74) is 1.09. The molecule has 0 saturated carbocycles. The normalized spacial score (nSPS) is 18.9. The fraction of sp³-hybridized carbons (Fsp3) is 0.750. The van der Waals surface area contributed by atoms with Crippen LogP contribution in [-0.4, -0.2) is 39.7 Å². The molecule has 0 aliphatic carbocycles. The number of piperidine rings is 1. The van der Waals surface area contributed by atoms with E-state index >= 15 is 0 Å². The van der Waals surface area contributed by atoms with Crippen LogP contribution < -0.4 is 5.32 Å². The number of carbonyl (C=O) groups is 1. The van der Waals surface area contributed by atoms with Gasteiger partial charge in [0.15, 0.2) is 0 Å². The van der Waals surface area contributed by atoms with Crippen molar-refractivity contribution >= 4 is 5.91 Å². The smallest absolute Gasteiger partial charge is 0.223 e. The van der Waals surface area contributed by atoms with Crippen molar-refractivity contribution < 1.29 is 4.79 Å². The van der Waals surface area contributed by atoms with Gasteiger partial charge in [0.05, 0.1) is 12.2 Å². The Balaban J connectivity index is 1.89. The predicted octanol–water partition coefficient (Wildman–Crippen LogP) is 2.11. The number of rotatable bonds is 5. The van der Waals surface area contributed by atoms with Gasteiger partial charge >= 0.3 is 0 Å². The van der Waals surface area contributed by atoms with E-state index in [-0.39, 0.29) is 17.9 Å². The lowest BCUT2D eigenvalue weighted by molar-refractivity contribution is -0.127. The maximum absolute atomic E-state index is 12.5. The molecule has 1 saturated heterocycles. The molecule has 5 heteroatoms. The molecule has 1 aromatic heterocycles. The Kier molecular flexibility index (Phi) is 5.39. The highest BCUT2D eigenvalue weighted by molar-refractivity contribution is 5.79. The molecule has 1 aliphatic rings. The molecule has 0 spiro atoms. The van der Waals surface area contributed by atoms with Crippen LogP contribution in [-0.2, 0) is 11.8 Å². The average Bonchev–Trinajstić information content (AvgIpc) is 2.91. The lowest BCUT2D eigenvalue weighted by Crippen LogP contribution is -2.43. The van der Waals surface area contributed by atoms with Crippen molar-refractivity contribution in [1.82, 2.24) is 20.0 Å². The van der Waals surface area contributed by atoms with Gasteiger partial charge in [0, 0.05) is 30.8 Å². The Morgan fingerprint density at radius 1 is 1.43 bits per heavy atom. The quantitative estimate of drug-likeness (QED) is 0.904. The highest BCUT2D eigenvalue weighted by Crippen LogP contribution is 2.22. The number of nitrogens with one attached hydrogen (secondary N) is 1. The largest absolute Gasteiger partial charge is 0.349 e. The highest BCUT2D eigenvalue weighted by Gasteiger charge is 2.27. The maximum atomic E-state index is 12.5. The van der Waals surface area contributed by atoms with Gasteiger partial charge in [-0.1, -0.05) is 6.92 Å². The lowest BCUT2D eigenvalue weighted by atomic mass is 9.94. The van der Waals surface area contributed by atoms with E-state index < -0.39 is 0 Å². The molecule has 1 N–H and O–H groups in total. The number of carbonyl (C=O) groups excluding carboxylic acids is 1. The van der Waals surface area contributed by atoms with E-state index in [9.17, 15) is 4.79 Å². The predicted molar refractivity (Wildman–Crippen MR) is 83.8 cm³/mol. The minimum Gasteiger partial charge on any atom is -0.349 e. The topological polar surface area (TPSA) is 50.2 Å². The highest BCUT2D eigenvalue weighted by atomic mass is 16.1. The third kappa shape index (κ3) is 4.06. The van der Waals surface area contributed by atoms with E-state index in [2.05, 4.69) is 36.1 Å². The summed E-state index contributed by atoms with van der Waals surface area (Å²) in [6.45, 7) is 8.59. The van der Waals surface area contributed by atoms with Gasteiger partial charge in [-0.15, -0.1) is 0 Å². The minimum atomic E-state index is 0.0781. The Labute approximate surface area is 127 Å². The molecule has 1 aliphatic heterocycles. The summed E-state index contributed by atoms with van der Waals surface area (Å²) >= 11 is 0. The van der Waals surface area contributed by atoms with Crippen molar-refractivity contribution in [3.8, 4) is 0 Å². The Morgan fingerprint density at radius 3 is 2.57 bits per heavy atom. The summed E-state index contributed by atoms with van der Waals surface area (Å²) in [4.78, 5) is 14.9. The van der Waals surface area contributed by atoms with Crippen LogP contribution in [0.5, 0.6) is 0 Å². The summed E-state index contributed by atoms with van der Waals surface area (Å²) in [7, 11) is 1.90. The fourth-order valence-electron chi connectivity index (χ4n) is 3.01. The Bertz CT molecular complexity index is 461. The molecule has 0 bridgehead atoms. The number of nitrogens with zero attached hydrogens (tertiary/aromatic N) is 3. The van der Waals surface area contributed by atoms with E-state index in [1.807, 2.05) is 19.4 Å². The van der Waals surface area contributed by atoms with Crippen molar-refractivity contribution in [3.05, 3.63) is 18.0 Å². The van der Waals surface area contributed by atoms with Crippen LogP contribution in [0.2, 0.25) is 0 Å². The van der Waals surface area contributed by atoms with Crippen LogP contribution in [0.3, 0.4) is 0 Å². The fourth-order valence-corrected chi connectivity index (χ4v) is 3.01. The van der Waals surface area contributed by atoms with Crippen molar-refractivity contribution in [3.63, 3.8) is 0 Å². The Hall–Kier alpha value is -1.36. The molecule has 0 aromatic carbocycles. The first-order valence-electron chi connectivity index (χ1n) is 8.04. The van der Waals surface area contributed by atoms with Crippen LogP contribution in [0.1, 0.15) is 51.6 Å². The first-order chi connectivity index (χ1) is 10.0. The van der Waals surface area contributed by atoms with Gasteiger partial charge in [0.25, 0.3) is 0 Å². The van der Waals surface area contributed by atoms with Crippen LogP contribution >= 0.6 is 0 Å². The van der Waals surface area contributed by atoms with Gasteiger partial charge in [0.2, 0.25) is 5.91 Å². The summed E-state index contributed by atoms with van der Waals surface area (Å²) in [5, 5.41) is 7.39. The molecule has 5 nitrogen and oxygen atoms in total. The summed E-state index contributed by atoms with van der Waals surface area (Å²) < 4.78 is 1.78. The molecule has 0 unspecified atom stereocenters. The molecule has 1 fully saturated rings. The number of aromatic nitrogens is 2. The zero-order chi connectivity index (χ0) is 15.4. The first kappa shape index (κ1) is 16.0. The number of amides is 1. The van der Waals surface area contributed by atoms with Crippen molar-refractivity contribution in [2.75, 3.05) is 13.1 Å². The van der Waals surface area contributed by atoms with E-state index in [1.165, 1.54) is 0 Å². The first-order valence-corrected chi connectivity index (χ1v) is 8.04.